The van der Waals surface area contributed by atoms with Crippen LogP contribution in [0.2, 0.25) is 0 Å². The molecule has 0 unspecified atom stereocenters. The summed E-state index contributed by atoms with van der Waals surface area (Å²) >= 11 is 1.51. The first-order valence-electron chi connectivity index (χ1n) is 7.78. The van der Waals surface area contributed by atoms with Gasteiger partial charge in [0, 0.05) is 16.5 Å². The highest BCUT2D eigenvalue weighted by Gasteiger charge is 2.14. The van der Waals surface area contributed by atoms with Crippen LogP contribution in [-0.2, 0) is 0 Å². The Kier molecular flexibility index (Phi) is 3.54. The molecular formula is C20H16N2OS. The van der Waals surface area contributed by atoms with E-state index in [1.54, 1.807) is 0 Å². The molecule has 2 aromatic heterocycles. The van der Waals surface area contributed by atoms with E-state index in [1.165, 1.54) is 22.5 Å². The molecule has 0 fully saturated rings. The second-order valence-corrected chi connectivity index (χ2v) is 6.77. The lowest BCUT2D eigenvalue weighted by atomic mass is 10.0. The Hall–Kier alpha value is -2.72. The van der Waals surface area contributed by atoms with Gasteiger partial charge in [0.2, 0.25) is 0 Å². The van der Waals surface area contributed by atoms with E-state index in [0.717, 1.165) is 21.5 Å². The van der Waals surface area contributed by atoms with Crippen molar-refractivity contribution in [2.75, 3.05) is 0 Å². The molecule has 118 valence electrons. The molecule has 4 rings (SSSR count). The van der Waals surface area contributed by atoms with Crippen molar-refractivity contribution in [1.29, 1.82) is 0 Å². The average Bonchev–Trinajstić information content (AvgIpc) is 3.03. The van der Waals surface area contributed by atoms with Gasteiger partial charge in [-0.25, -0.2) is 4.98 Å². The fourth-order valence-electron chi connectivity index (χ4n) is 2.80. The van der Waals surface area contributed by atoms with E-state index in [2.05, 4.69) is 42.0 Å². The van der Waals surface area contributed by atoms with E-state index in [-0.39, 0.29) is 5.56 Å². The minimum atomic E-state index is -0.0895. The first-order chi connectivity index (χ1) is 11.6. The smallest absolute Gasteiger partial charge is 0.260 e. The monoisotopic (exact) mass is 332 g/mol. The summed E-state index contributed by atoms with van der Waals surface area (Å²) < 4.78 is 0. The van der Waals surface area contributed by atoms with Crippen LogP contribution in [0.25, 0.3) is 32.7 Å². The first-order valence-corrected chi connectivity index (χ1v) is 8.66. The number of benzene rings is 2. The zero-order chi connectivity index (χ0) is 16.7. The molecule has 1 N–H and O–H groups in total. The van der Waals surface area contributed by atoms with Crippen molar-refractivity contribution in [3.8, 4) is 22.5 Å². The molecule has 4 aromatic rings. The fourth-order valence-corrected chi connectivity index (χ4v) is 3.75. The highest BCUT2D eigenvalue weighted by Crippen LogP contribution is 2.32. The number of hydrogen-bond acceptors (Lipinski definition) is 3. The van der Waals surface area contributed by atoms with Gasteiger partial charge in [0.05, 0.1) is 5.39 Å². The normalized spacial score (nSPS) is 11.1. The van der Waals surface area contributed by atoms with Crippen LogP contribution < -0.4 is 5.56 Å². The lowest BCUT2D eigenvalue weighted by Gasteiger charge is -2.05. The Morgan fingerprint density at radius 2 is 1.75 bits per heavy atom. The molecule has 0 radical (unpaired) electrons. The standard InChI is InChI=1S/C20H16N2OS/c1-12-8-9-15(10-13(12)2)16-11-24-20-17(16)19(23)21-18(22-20)14-6-4-3-5-7-14/h3-11H,1-2H3,(H,21,22,23). The molecule has 24 heavy (non-hydrogen) atoms. The number of rotatable bonds is 2. The Balaban J connectivity index is 1.91. The lowest BCUT2D eigenvalue weighted by Crippen LogP contribution is -2.09. The van der Waals surface area contributed by atoms with Crippen molar-refractivity contribution in [1.82, 2.24) is 9.97 Å². The summed E-state index contributed by atoms with van der Waals surface area (Å²) in [6.45, 7) is 4.18. The topological polar surface area (TPSA) is 45.8 Å². The highest BCUT2D eigenvalue weighted by atomic mass is 32.1. The number of nitrogens with one attached hydrogen (secondary N) is 1. The Labute approximate surface area is 143 Å². The third-order valence-corrected chi connectivity index (χ3v) is 5.18. The molecule has 0 aliphatic rings. The molecule has 3 nitrogen and oxygen atoms in total. The summed E-state index contributed by atoms with van der Waals surface area (Å²) in [7, 11) is 0. The molecule has 0 saturated carbocycles. The van der Waals surface area contributed by atoms with Crippen LogP contribution in [0, 0.1) is 13.8 Å². The van der Waals surface area contributed by atoms with Crippen LogP contribution in [0.3, 0.4) is 0 Å². The van der Waals surface area contributed by atoms with Crippen LogP contribution in [0.15, 0.2) is 58.7 Å². The molecule has 0 atom stereocenters. The van der Waals surface area contributed by atoms with Crippen LogP contribution in [0.5, 0.6) is 0 Å². The van der Waals surface area contributed by atoms with Gasteiger partial charge in [-0.1, -0.05) is 48.5 Å². The predicted octanol–water partition coefficient (Wildman–Crippen LogP) is 4.94. The summed E-state index contributed by atoms with van der Waals surface area (Å²) in [4.78, 5) is 21.0. The summed E-state index contributed by atoms with van der Waals surface area (Å²) in [5.74, 6) is 0.613. The second kappa shape index (κ2) is 5.73. The van der Waals surface area contributed by atoms with E-state index >= 15 is 0 Å². The number of thiophene rings is 1. The quantitative estimate of drug-likeness (QED) is 0.565. The molecule has 2 heterocycles. The Morgan fingerprint density at radius 1 is 0.958 bits per heavy atom. The van der Waals surface area contributed by atoms with Crippen LogP contribution >= 0.6 is 11.3 Å². The van der Waals surface area contributed by atoms with Gasteiger partial charge >= 0.3 is 0 Å². The van der Waals surface area contributed by atoms with Crippen molar-refractivity contribution in [2.24, 2.45) is 0 Å². The minimum absolute atomic E-state index is 0.0895. The Bertz CT molecular complexity index is 1090. The Morgan fingerprint density at radius 3 is 2.50 bits per heavy atom. The number of H-pyrrole nitrogens is 1. The number of aryl methyl sites for hydroxylation is 2. The highest BCUT2D eigenvalue weighted by molar-refractivity contribution is 7.17. The number of aromatic amines is 1. The second-order valence-electron chi connectivity index (χ2n) is 5.91. The third-order valence-electron chi connectivity index (χ3n) is 4.31. The fraction of sp³-hybridized carbons (Fsp3) is 0.100. The lowest BCUT2D eigenvalue weighted by molar-refractivity contribution is 1.19. The maximum absolute atomic E-state index is 12.7. The molecule has 0 aliphatic heterocycles. The number of hydrogen-bond donors (Lipinski definition) is 1. The van der Waals surface area contributed by atoms with E-state index in [1.807, 2.05) is 35.7 Å². The average molecular weight is 332 g/mol. The molecule has 0 saturated heterocycles. The molecule has 4 heteroatoms. The van der Waals surface area contributed by atoms with Gasteiger partial charge in [-0.15, -0.1) is 11.3 Å². The number of aromatic nitrogens is 2. The van der Waals surface area contributed by atoms with E-state index in [4.69, 9.17) is 0 Å². The largest absolute Gasteiger partial charge is 0.306 e. The van der Waals surface area contributed by atoms with Crippen molar-refractivity contribution < 1.29 is 0 Å². The van der Waals surface area contributed by atoms with E-state index in [9.17, 15) is 4.79 Å². The SMILES string of the molecule is Cc1ccc(-c2csc3nc(-c4ccccc4)[nH]c(=O)c23)cc1C. The maximum atomic E-state index is 12.7. The molecular weight excluding hydrogens is 316 g/mol. The number of fused-ring (bicyclic) bond motifs is 1. The van der Waals surface area contributed by atoms with Crippen LogP contribution in [0.1, 0.15) is 11.1 Å². The van der Waals surface area contributed by atoms with E-state index < -0.39 is 0 Å². The van der Waals surface area contributed by atoms with Gasteiger partial charge in [0.25, 0.3) is 5.56 Å². The summed E-state index contributed by atoms with van der Waals surface area (Å²) in [6.07, 6.45) is 0. The van der Waals surface area contributed by atoms with Crippen LogP contribution in [-0.4, -0.2) is 9.97 Å². The molecule has 0 bridgehead atoms. The molecule has 0 aliphatic carbocycles. The van der Waals surface area contributed by atoms with Crippen molar-refractivity contribution in [2.45, 2.75) is 13.8 Å². The summed E-state index contributed by atoms with van der Waals surface area (Å²) in [5, 5.41) is 2.69. The zero-order valence-corrected chi connectivity index (χ0v) is 14.3. The van der Waals surface area contributed by atoms with Crippen molar-refractivity contribution in [3.63, 3.8) is 0 Å². The molecule has 0 spiro atoms. The third kappa shape index (κ3) is 2.45. The van der Waals surface area contributed by atoms with Gasteiger partial charge < -0.3 is 4.98 Å². The first kappa shape index (κ1) is 14.8. The zero-order valence-electron chi connectivity index (χ0n) is 13.5. The molecule has 0 amide bonds. The van der Waals surface area contributed by atoms with E-state index in [0.29, 0.717) is 11.2 Å². The predicted molar refractivity (Wildman–Crippen MR) is 101 cm³/mol. The summed E-state index contributed by atoms with van der Waals surface area (Å²) in [6, 6.07) is 16.0. The maximum Gasteiger partial charge on any atom is 0.260 e. The van der Waals surface area contributed by atoms with Crippen LogP contribution in [0.4, 0.5) is 0 Å². The number of nitrogens with zero attached hydrogens (tertiary/aromatic N) is 1. The van der Waals surface area contributed by atoms with Gasteiger partial charge in [-0.3, -0.25) is 4.79 Å². The molecule has 2 aromatic carbocycles. The van der Waals surface area contributed by atoms with Gasteiger partial charge in [0.15, 0.2) is 0 Å². The summed E-state index contributed by atoms with van der Waals surface area (Å²) in [5.41, 5.74) is 5.30. The van der Waals surface area contributed by atoms with Gasteiger partial charge in [-0.2, -0.15) is 0 Å². The minimum Gasteiger partial charge on any atom is -0.306 e. The van der Waals surface area contributed by atoms with Gasteiger partial charge in [-0.05, 0) is 30.5 Å². The van der Waals surface area contributed by atoms with Crippen molar-refractivity contribution >= 4 is 21.6 Å². The van der Waals surface area contributed by atoms with Gasteiger partial charge in [0.1, 0.15) is 10.7 Å². The van der Waals surface area contributed by atoms with Crippen molar-refractivity contribution in [3.05, 3.63) is 75.4 Å².